The van der Waals surface area contributed by atoms with Gasteiger partial charge in [-0.25, -0.2) is 0 Å². The van der Waals surface area contributed by atoms with Crippen LogP contribution < -0.4 is 15.8 Å². The quantitative estimate of drug-likeness (QED) is 0.415. The first-order chi connectivity index (χ1) is 12.9. The van der Waals surface area contributed by atoms with Gasteiger partial charge in [-0.15, -0.1) is 0 Å². The molecule has 1 fully saturated rings. The van der Waals surface area contributed by atoms with Gasteiger partial charge in [-0.05, 0) is 29.7 Å². The van der Waals surface area contributed by atoms with Crippen LogP contribution in [0.4, 0.5) is 0 Å². The van der Waals surface area contributed by atoms with Gasteiger partial charge in [0.05, 0.1) is 18.4 Å². The number of carboxylic acid groups (broad SMARTS) is 1. The van der Waals surface area contributed by atoms with E-state index < -0.39 is 11.9 Å². The van der Waals surface area contributed by atoms with Crippen LogP contribution in [0.1, 0.15) is 18.4 Å². The summed E-state index contributed by atoms with van der Waals surface area (Å²) >= 11 is 0. The lowest BCUT2D eigenvalue weighted by Crippen LogP contribution is -2.31. The second-order valence-corrected chi connectivity index (χ2v) is 6.56. The summed E-state index contributed by atoms with van der Waals surface area (Å²) in [6.45, 7) is 0.300. The van der Waals surface area contributed by atoms with Crippen molar-refractivity contribution in [1.29, 1.82) is 5.41 Å². The molecule has 8 nitrogen and oxygen atoms in total. The standard InChI is InChI=1S/C20H21N3O4.H2O/c21-19(22)14-3-1-12(2-4-14)13-5-7-17(8-6-13)27-11-16-9-15(10-18(24)25)20(26)23-16;/h1-8,15-16H,9-11H2,(H3,21,22)(H,23,26)(H,24,25);1H2/t15-,16-;/m0./s1. The summed E-state index contributed by atoms with van der Waals surface area (Å²) in [5, 5.41) is 19.0. The molecule has 3 rings (SSSR count). The number of amides is 1. The smallest absolute Gasteiger partial charge is 0.304 e. The third kappa shape index (κ3) is 5.08. The summed E-state index contributed by atoms with van der Waals surface area (Å²) in [7, 11) is 0. The third-order valence-corrected chi connectivity index (χ3v) is 4.54. The number of aliphatic carboxylic acids is 1. The van der Waals surface area contributed by atoms with Gasteiger partial charge in [0.25, 0.3) is 0 Å². The van der Waals surface area contributed by atoms with Crippen molar-refractivity contribution in [2.45, 2.75) is 18.9 Å². The van der Waals surface area contributed by atoms with Crippen molar-refractivity contribution in [2.75, 3.05) is 6.61 Å². The van der Waals surface area contributed by atoms with E-state index in [0.29, 0.717) is 24.3 Å². The number of ether oxygens (including phenoxy) is 1. The van der Waals surface area contributed by atoms with Crippen molar-refractivity contribution in [2.24, 2.45) is 11.7 Å². The highest BCUT2D eigenvalue weighted by Crippen LogP contribution is 2.24. The van der Waals surface area contributed by atoms with Crippen LogP contribution in [-0.2, 0) is 9.59 Å². The summed E-state index contributed by atoms with van der Waals surface area (Å²) in [6, 6.07) is 14.8. The Morgan fingerprint density at radius 1 is 1.14 bits per heavy atom. The molecular weight excluding hydrogens is 362 g/mol. The maximum absolute atomic E-state index is 11.7. The van der Waals surface area contributed by atoms with Gasteiger partial charge in [-0.1, -0.05) is 36.4 Å². The summed E-state index contributed by atoms with van der Waals surface area (Å²) in [5.41, 5.74) is 8.15. The SMILES string of the molecule is N=C(N)c1ccc(-c2ccc(OC[C@@H]3C[C@@H](CC(=O)O)C(=O)N3)cc2)cc1.O. The minimum atomic E-state index is -0.969. The third-order valence-electron chi connectivity index (χ3n) is 4.54. The van der Waals surface area contributed by atoms with Gasteiger partial charge in [0.1, 0.15) is 18.2 Å². The highest BCUT2D eigenvalue weighted by molar-refractivity contribution is 5.95. The number of hydrogen-bond acceptors (Lipinski definition) is 4. The van der Waals surface area contributed by atoms with E-state index in [1.54, 1.807) is 12.1 Å². The van der Waals surface area contributed by atoms with E-state index in [4.69, 9.17) is 21.0 Å². The minimum Gasteiger partial charge on any atom is -0.491 e. The zero-order valence-electron chi connectivity index (χ0n) is 15.1. The van der Waals surface area contributed by atoms with Crippen LogP contribution in [0.5, 0.6) is 5.75 Å². The predicted molar refractivity (Wildman–Crippen MR) is 104 cm³/mol. The number of nitrogen functional groups attached to an aromatic ring is 1. The fraction of sp³-hybridized carbons (Fsp3) is 0.250. The van der Waals surface area contributed by atoms with Crippen LogP contribution >= 0.6 is 0 Å². The Balaban J connectivity index is 0.00000280. The minimum absolute atomic E-state index is 0. The van der Waals surface area contributed by atoms with E-state index in [9.17, 15) is 9.59 Å². The number of hydrogen-bond donors (Lipinski definition) is 4. The van der Waals surface area contributed by atoms with Crippen LogP contribution in [0.25, 0.3) is 11.1 Å². The van der Waals surface area contributed by atoms with Gasteiger partial charge < -0.3 is 26.4 Å². The molecule has 1 aliphatic rings. The van der Waals surface area contributed by atoms with Crippen LogP contribution in [0.2, 0.25) is 0 Å². The number of nitrogens with two attached hydrogens (primary N) is 1. The van der Waals surface area contributed by atoms with Crippen molar-refractivity contribution in [1.82, 2.24) is 5.32 Å². The average molecular weight is 385 g/mol. The van der Waals surface area contributed by atoms with Gasteiger partial charge in [0.15, 0.2) is 0 Å². The average Bonchev–Trinajstić information content (AvgIpc) is 2.99. The number of benzene rings is 2. The van der Waals surface area contributed by atoms with E-state index in [2.05, 4.69) is 5.32 Å². The fourth-order valence-corrected chi connectivity index (χ4v) is 3.11. The molecule has 0 bridgehead atoms. The lowest BCUT2D eigenvalue weighted by molar-refractivity contribution is -0.140. The van der Waals surface area contributed by atoms with Crippen LogP contribution in [0.3, 0.4) is 0 Å². The lowest BCUT2D eigenvalue weighted by atomic mass is 10.0. The molecule has 1 saturated heterocycles. The van der Waals surface area contributed by atoms with E-state index in [-0.39, 0.29) is 29.7 Å². The van der Waals surface area contributed by atoms with E-state index in [1.807, 2.05) is 36.4 Å². The van der Waals surface area contributed by atoms with Crippen molar-refractivity contribution in [3.05, 3.63) is 54.1 Å². The van der Waals surface area contributed by atoms with Gasteiger partial charge in [-0.3, -0.25) is 15.0 Å². The number of nitrogens with one attached hydrogen (secondary N) is 2. The summed E-state index contributed by atoms with van der Waals surface area (Å²) in [4.78, 5) is 22.5. The molecule has 8 heteroatoms. The van der Waals surface area contributed by atoms with Crippen molar-refractivity contribution >= 4 is 17.7 Å². The molecule has 0 unspecified atom stereocenters. The highest BCUT2D eigenvalue weighted by Gasteiger charge is 2.33. The molecule has 1 amide bonds. The predicted octanol–water partition coefficient (Wildman–Crippen LogP) is 1.17. The number of carboxylic acids is 1. The van der Waals surface area contributed by atoms with Gasteiger partial charge in [0.2, 0.25) is 5.91 Å². The Morgan fingerprint density at radius 2 is 1.71 bits per heavy atom. The first-order valence-corrected chi connectivity index (χ1v) is 8.62. The Hall–Kier alpha value is -3.39. The molecule has 0 radical (unpaired) electrons. The normalized spacial score (nSPS) is 18.1. The highest BCUT2D eigenvalue weighted by atomic mass is 16.5. The van der Waals surface area contributed by atoms with E-state index >= 15 is 0 Å². The monoisotopic (exact) mass is 385 g/mol. The number of carbonyl (C=O) groups excluding carboxylic acids is 1. The molecule has 0 spiro atoms. The molecule has 0 aliphatic carbocycles. The molecule has 0 saturated carbocycles. The zero-order chi connectivity index (χ0) is 19.4. The maximum atomic E-state index is 11.7. The van der Waals surface area contributed by atoms with Crippen LogP contribution in [-0.4, -0.2) is 40.9 Å². The second kappa shape index (κ2) is 9.01. The largest absolute Gasteiger partial charge is 0.491 e. The molecule has 1 heterocycles. The van der Waals surface area contributed by atoms with Gasteiger partial charge in [-0.2, -0.15) is 0 Å². The van der Waals surface area contributed by atoms with Crippen molar-refractivity contribution in [3.8, 4) is 16.9 Å². The lowest BCUT2D eigenvalue weighted by Gasteiger charge is -2.12. The maximum Gasteiger partial charge on any atom is 0.304 e. The van der Waals surface area contributed by atoms with Gasteiger partial charge >= 0.3 is 5.97 Å². The van der Waals surface area contributed by atoms with Crippen LogP contribution in [0, 0.1) is 11.3 Å². The number of rotatable bonds is 7. The van der Waals surface area contributed by atoms with Crippen LogP contribution in [0.15, 0.2) is 48.5 Å². The number of carbonyl (C=O) groups is 2. The first-order valence-electron chi connectivity index (χ1n) is 8.62. The summed E-state index contributed by atoms with van der Waals surface area (Å²) in [5.74, 6) is -0.972. The molecule has 7 N–H and O–H groups in total. The fourth-order valence-electron chi connectivity index (χ4n) is 3.11. The molecule has 2 aromatic rings. The topological polar surface area (TPSA) is 157 Å². The summed E-state index contributed by atoms with van der Waals surface area (Å²) < 4.78 is 5.73. The Morgan fingerprint density at radius 3 is 2.25 bits per heavy atom. The molecule has 1 aliphatic heterocycles. The molecule has 2 atom stereocenters. The molecule has 2 aromatic carbocycles. The Bertz CT molecular complexity index is 849. The van der Waals surface area contributed by atoms with Crippen molar-refractivity contribution in [3.63, 3.8) is 0 Å². The number of amidine groups is 1. The Labute approximate surface area is 162 Å². The summed E-state index contributed by atoms with van der Waals surface area (Å²) in [6.07, 6.45) is 0.311. The second-order valence-electron chi connectivity index (χ2n) is 6.56. The zero-order valence-corrected chi connectivity index (χ0v) is 15.1. The molecule has 28 heavy (non-hydrogen) atoms. The van der Waals surface area contributed by atoms with Crippen molar-refractivity contribution < 1.29 is 24.9 Å². The van der Waals surface area contributed by atoms with Gasteiger partial charge in [0, 0.05) is 5.56 Å². The van der Waals surface area contributed by atoms with E-state index in [0.717, 1.165) is 11.1 Å². The molecule has 148 valence electrons. The molecule has 0 aromatic heterocycles. The van der Waals surface area contributed by atoms with E-state index in [1.165, 1.54) is 0 Å². The first kappa shape index (κ1) is 20.9. The Kier molecular flexibility index (Phi) is 6.73. The molecular formula is C20H23N3O5.